The van der Waals surface area contributed by atoms with Crippen LogP contribution >= 0.6 is 0 Å². The highest BCUT2D eigenvalue weighted by Crippen LogP contribution is 2.43. The Morgan fingerprint density at radius 1 is 1.39 bits per heavy atom. The largest absolute Gasteiger partial charge is 0.397 e. The third-order valence-electron chi connectivity index (χ3n) is 3.39. The van der Waals surface area contributed by atoms with Gasteiger partial charge in [-0.15, -0.1) is 0 Å². The summed E-state index contributed by atoms with van der Waals surface area (Å²) in [6, 6.07) is 3.51. The van der Waals surface area contributed by atoms with Crippen LogP contribution in [0.15, 0.2) is 22.9 Å². The van der Waals surface area contributed by atoms with Gasteiger partial charge >= 0.3 is 0 Å². The lowest BCUT2D eigenvalue weighted by molar-refractivity contribution is -0.0858. The first-order valence-electron chi connectivity index (χ1n) is 5.85. The number of aromatic nitrogens is 3. The van der Waals surface area contributed by atoms with Crippen molar-refractivity contribution in [3.63, 3.8) is 0 Å². The van der Waals surface area contributed by atoms with Gasteiger partial charge in [0.2, 0.25) is 5.82 Å². The van der Waals surface area contributed by atoms with Crippen LogP contribution in [-0.2, 0) is 10.3 Å². The standard InChI is InChI=1S/C12H14N4O2/c1-17-12(5-2-6-12)11-15-10(18-16-11)9-4-3-8(13)7-14-9/h3-4,7H,2,5-6,13H2,1H3. The molecule has 0 aromatic carbocycles. The van der Waals surface area contributed by atoms with Gasteiger partial charge < -0.3 is 15.0 Å². The van der Waals surface area contributed by atoms with Gasteiger partial charge in [0.15, 0.2) is 0 Å². The Labute approximate surface area is 104 Å². The fourth-order valence-electron chi connectivity index (χ4n) is 2.06. The summed E-state index contributed by atoms with van der Waals surface area (Å²) in [5.41, 5.74) is 6.44. The number of pyridine rings is 1. The Morgan fingerprint density at radius 3 is 2.78 bits per heavy atom. The summed E-state index contributed by atoms with van der Waals surface area (Å²) >= 11 is 0. The number of hydrogen-bond donors (Lipinski definition) is 1. The number of nitrogens with two attached hydrogens (primary N) is 1. The van der Waals surface area contributed by atoms with E-state index < -0.39 is 0 Å². The molecule has 0 atom stereocenters. The molecule has 0 radical (unpaired) electrons. The van der Waals surface area contributed by atoms with Crippen molar-refractivity contribution in [2.75, 3.05) is 12.8 Å². The van der Waals surface area contributed by atoms with E-state index in [1.165, 1.54) is 0 Å². The van der Waals surface area contributed by atoms with Gasteiger partial charge in [0, 0.05) is 7.11 Å². The number of nitrogen functional groups attached to an aromatic ring is 1. The van der Waals surface area contributed by atoms with Crippen molar-refractivity contribution in [1.29, 1.82) is 0 Å². The van der Waals surface area contributed by atoms with Gasteiger partial charge in [-0.2, -0.15) is 4.98 Å². The van der Waals surface area contributed by atoms with Crippen LogP contribution in [0.4, 0.5) is 5.69 Å². The molecule has 1 saturated carbocycles. The maximum atomic E-state index is 5.58. The molecule has 0 aliphatic heterocycles. The summed E-state index contributed by atoms with van der Waals surface area (Å²) in [5, 5.41) is 4.00. The second kappa shape index (κ2) is 4.06. The minimum atomic E-state index is -0.366. The Balaban J connectivity index is 1.91. The molecule has 2 heterocycles. The van der Waals surface area contributed by atoms with E-state index in [4.69, 9.17) is 15.0 Å². The molecule has 2 aromatic rings. The van der Waals surface area contributed by atoms with E-state index in [9.17, 15) is 0 Å². The molecule has 0 bridgehead atoms. The zero-order valence-electron chi connectivity index (χ0n) is 10.1. The number of hydrogen-bond acceptors (Lipinski definition) is 6. The Hall–Kier alpha value is -1.95. The highest BCUT2D eigenvalue weighted by molar-refractivity contribution is 5.50. The monoisotopic (exact) mass is 246 g/mol. The van der Waals surface area contributed by atoms with Gasteiger partial charge in [-0.3, -0.25) is 0 Å². The number of anilines is 1. The predicted octanol–water partition coefficient (Wildman–Crippen LogP) is 1.74. The van der Waals surface area contributed by atoms with E-state index in [1.807, 2.05) is 0 Å². The van der Waals surface area contributed by atoms with Gasteiger partial charge in [-0.1, -0.05) is 5.16 Å². The molecule has 1 fully saturated rings. The van der Waals surface area contributed by atoms with Crippen LogP contribution in [0.3, 0.4) is 0 Å². The van der Waals surface area contributed by atoms with Crippen LogP contribution in [0, 0.1) is 0 Å². The van der Waals surface area contributed by atoms with Crippen molar-refractivity contribution in [3.05, 3.63) is 24.2 Å². The van der Waals surface area contributed by atoms with E-state index >= 15 is 0 Å². The zero-order valence-corrected chi connectivity index (χ0v) is 10.1. The normalized spacial score (nSPS) is 17.4. The lowest BCUT2D eigenvalue weighted by Crippen LogP contribution is -2.37. The fourth-order valence-corrected chi connectivity index (χ4v) is 2.06. The Kier molecular flexibility index (Phi) is 2.52. The summed E-state index contributed by atoms with van der Waals surface area (Å²) in [5.74, 6) is 0.998. The first-order valence-corrected chi connectivity index (χ1v) is 5.85. The van der Waals surface area contributed by atoms with Gasteiger partial charge in [-0.05, 0) is 31.4 Å². The molecule has 1 aliphatic carbocycles. The third kappa shape index (κ3) is 1.65. The molecule has 6 heteroatoms. The molecule has 0 spiro atoms. The summed E-state index contributed by atoms with van der Waals surface area (Å²) in [6.45, 7) is 0. The number of rotatable bonds is 3. The van der Waals surface area contributed by atoms with Crippen molar-refractivity contribution in [1.82, 2.24) is 15.1 Å². The van der Waals surface area contributed by atoms with E-state index in [0.717, 1.165) is 19.3 Å². The summed E-state index contributed by atoms with van der Waals surface area (Å²) in [4.78, 5) is 8.52. The fraction of sp³-hybridized carbons (Fsp3) is 0.417. The van der Waals surface area contributed by atoms with E-state index in [1.54, 1.807) is 25.4 Å². The molecule has 18 heavy (non-hydrogen) atoms. The topological polar surface area (TPSA) is 87.1 Å². The molecule has 2 aromatic heterocycles. The quantitative estimate of drug-likeness (QED) is 0.887. The zero-order chi connectivity index (χ0) is 12.6. The summed E-state index contributed by atoms with van der Waals surface area (Å²) in [7, 11) is 1.68. The second-order valence-electron chi connectivity index (χ2n) is 4.45. The maximum absolute atomic E-state index is 5.58. The molecule has 0 amide bonds. The van der Waals surface area contributed by atoms with E-state index in [-0.39, 0.29) is 5.60 Å². The van der Waals surface area contributed by atoms with Crippen molar-refractivity contribution in [2.24, 2.45) is 0 Å². The molecular formula is C12H14N4O2. The third-order valence-corrected chi connectivity index (χ3v) is 3.39. The van der Waals surface area contributed by atoms with Crippen molar-refractivity contribution >= 4 is 5.69 Å². The van der Waals surface area contributed by atoms with Gasteiger partial charge in [-0.25, -0.2) is 4.98 Å². The van der Waals surface area contributed by atoms with Crippen LogP contribution in [0.25, 0.3) is 11.6 Å². The summed E-state index contributed by atoms with van der Waals surface area (Å²) in [6.07, 6.45) is 4.54. The van der Waals surface area contributed by atoms with Crippen molar-refractivity contribution in [3.8, 4) is 11.6 Å². The molecule has 6 nitrogen and oxygen atoms in total. The van der Waals surface area contributed by atoms with Crippen molar-refractivity contribution in [2.45, 2.75) is 24.9 Å². The van der Waals surface area contributed by atoms with E-state index in [0.29, 0.717) is 23.1 Å². The number of methoxy groups -OCH3 is 1. The minimum Gasteiger partial charge on any atom is -0.397 e. The SMILES string of the molecule is COC1(c2noc(-c3ccc(N)cn3)n2)CCC1. The number of nitrogens with zero attached hydrogens (tertiary/aromatic N) is 3. The average molecular weight is 246 g/mol. The van der Waals surface area contributed by atoms with Gasteiger partial charge in [0.25, 0.3) is 5.89 Å². The van der Waals surface area contributed by atoms with Crippen LogP contribution in [0.5, 0.6) is 0 Å². The summed E-state index contributed by atoms with van der Waals surface area (Å²) < 4.78 is 10.7. The van der Waals surface area contributed by atoms with Crippen LogP contribution in [0.2, 0.25) is 0 Å². The first-order chi connectivity index (χ1) is 8.73. The second-order valence-corrected chi connectivity index (χ2v) is 4.45. The van der Waals surface area contributed by atoms with Crippen LogP contribution in [-0.4, -0.2) is 22.2 Å². The Bertz CT molecular complexity index is 540. The smallest absolute Gasteiger partial charge is 0.276 e. The van der Waals surface area contributed by atoms with Crippen LogP contribution in [0.1, 0.15) is 25.1 Å². The number of ether oxygens (including phenoxy) is 1. The predicted molar refractivity (Wildman–Crippen MR) is 64.5 cm³/mol. The van der Waals surface area contributed by atoms with E-state index in [2.05, 4.69) is 15.1 Å². The minimum absolute atomic E-state index is 0.366. The molecule has 0 saturated heterocycles. The highest BCUT2D eigenvalue weighted by Gasteiger charge is 2.43. The van der Waals surface area contributed by atoms with Gasteiger partial charge in [0.1, 0.15) is 11.3 Å². The lowest BCUT2D eigenvalue weighted by atomic mass is 9.79. The average Bonchev–Trinajstić information content (AvgIpc) is 2.79. The van der Waals surface area contributed by atoms with Crippen LogP contribution < -0.4 is 5.73 Å². The molecule has 0 unspecified atom stereocenters. The molecule has 2 N–H and O–H groups in total. The Morgan fingerprint density at radius 2 is 2.22 bits per heavy atom. The van der Waals surface area contributed by atoms with Crippen molar-refractivity contribution < 1.29 is 9.26 Å². The maximum Gasteiger partial charge on any atom is 0.276 e. The molecular weight excluding hydrogens is 232 g/mol. The lowest BCUT2D eigenvalue weighted by Gasteiger charge is -2.37. The van der Waals surface area contributed by atoms with Gasteiger partial charge in [0.05, 0.1) is 11.9 Å². The highest BCUT2D eigenvalue weighted by atomic mass is 16.5. The molecule has 3 rings (SSSR count). The molecule has 1 aliphatic rings. The molecule has 94 valence electrons. The first kappa shape index (κ1) is 11.2.